The van der Waals surface area contributed by atoms with Crippen LogP contribution in [0.1, 0.15) is 40.9 Å². The number of carbonyl (C=O) groups is 1. The highest BCUT2D eigenvalue weighted by atomic mass is 16.5. The second kappa shape index (κ2) is 6.52. The van der Waals surface area contributed by atoms with Crippen LogP contribution in [0.2, 0.25) is 0 Å². The summed E-state index contributed by atoms with van der Waals surface area (Å²) in [5, 5.41) is 12.4. The fourth-order valence-corrected chi connectivity index (χ4v) is 2.35. The third-order valence-electron chi connectivity index (χ3n) is 3.35. The van der Waals surface area contributed by atoms with Gasteiger partial charge in [0.25, 0.3) is 0 Å². The van der Waals surface area contributed by atoms with Crippen molar-refractivity contribution in [3.8, 4) is 0 Å². The number of carboxylic acids is 1. The highest BCUT2D eigenvalue weighted by molar-refractivity contribution is 5.93. The molecule has 1 aliphatic carbocycles. The molecule has 0 aromatic carbocycles. The molecule has 0 bridgehead atoms. The largest absolute Gasteiger partial charge is 0.478 e. The number of nitrogens with zero attached hydrogens (tertiary/aromatic N) is 1. The Bertz CT molecular complexity index is 460. The summed E-state index contributed by atoms with van der Waals surface area (Å²) in [6.07, 6.45) is 4.97. The Labute approximate surface area is 113 Å². The van der Waals surface area contributed by atoms with Gasteiger partial charge in [0.1, 0.15) is 11.4 Å². The van der Waals surface area contributed by atoms with Crippen molar-refractivity contribution in [1.29, 1.82) is 0 Å². The number of aromatic nitrogens is 1. The molecule has 1 aromatic heterocycles. The van der Waals surface area contributed by atoms with Crippen molar-refractivity contribution in [3.63, 3.8) is 0 Å². The van der Waals surface area contributed by atoms with E-state index in [1.54, 1.807) is 13.2 Å². The number of anilines is 1. The Balaban J connectivity index is 2.17. The quantitative estimate of drug-likeness (QED) is 0.770. The molecule has 1 aliphatic rings. The molecule has 0 radical (unpaired) electrons. The van der Waals surface area contributed by atoms with Gasteiger partial charge >= 0.3 is 5.97 Å². The van der Waals surface area contributed by atoms with Crippen LogP contribution in [0.5, 0.6) is 0 Å². The lowest BCUT2D eigenvalue weighted by Crippen LogP contribution is -2.15. The standard InChI is InChI=1S/C14H20N2O3/c1-19-8-4-7-15-13-11(14(17)18)9-10-5-2-3-6-12(10)16-13/h9H,2-8H2,1H3,(H,15,16)(H,17,18). The zero-order chi connectivity index (χ0) is 13.7. The summed E-state index contributed by atoms with van der Waals surface area (Å²) in [7, 11) is 1.65. The Kier molecular flexibility index (Phi) is 4.74. The zero-order valence-corrected chi connectivity index (χ0v) is 11.2. The normalized spacial score (nSPS) is 13.9. The SMILES string of the molecule is COCCCNc1nc2c(cc1C(=O)O)CCCC2. The van der Waals surface area contributed by atoms with Crippen LogP contribution in [0.3, 0.4) is 0 Å². The molecule has 0 fully saturated rings. The van der Waals surface area contributed by atoms with Crippen LogP contribution < -0.4 is 5.32 Å². The maximum atomic E-state index is 11.3. The molecule has 2 N–H and O–H groups in total. The minimum Gasteiger partial charge on any atom is -0.478 e. The Morgan fingerprint density at radius 3 is 3.00 bits per heavy atom. The van der Waals surface area contributed by atoms with E-state index < -0.39 is 5.97 Å². The molecule has 0 saturated carbocycles. The van der Waals surface area contributed by atoms with E-state index >= 15 is 0 Å². The van der Waals surface area contributed by atoms with Crippen LogP contribution in [0.4, 0.5) is 5.82 Å². The average Bonchev–Trinajstić information content (AvgIpc) is 2.42. The maximum absolute atomic E-state index is 11.3. The molecule has 104 valence electrons. The van der Waals surface area contributed by atoms with Crippen molar-refractivity contribution in [2.45, 2.75) is 32.1 Å². The van der Waals surface area contributed by atoms with Crippen molar-refractivity contribution in [2.24, 2.45) is 0 Å². The van der Waals surface area contributed by atoms with Crippen LogP contribution in [-0.2, 0) is 17.6 Å². The highest BCUT2D eigenvalue weighted by Gasteiger charge is 2.18. The summed E-state index contributed by atoms with van der Waals surface area (Å²) in [6, 6.07) is 1.78. The number of methoxy groups -OCH3 is 1. The van der Waals surface area contributed by atoms with Crippen molar-refractivity contribution in [3.05, 3.63) is 22.9 Å². The van der Waals surface area contributed by atoms with Crippen molar-refractivity contribution >= 4 is 11.8 Å². The van der Waals surface area contributed by atoms with Gasteiger partial charge in [0, 0.05) is 26.0 Å². The average molecular weight is 264 g/mol. The van der Waals surface area contributed by atoms with Gasteiger partial charge in [0.15, 0.2) is 0 Å². The van der Waals surface area contributed by atoms with Crippen molar-refractivity contribution in [1.82, 2.24) is 4.98 Å². The summed E-state index contributed by atoms with van der Waals surface area (Å²) in [5.74, 6) is -0.431. The predicted octanol–water partition coefficient (Wildman–Crippen LogP) is 2.11. The number of hydrogen-bond acceptors (Lipinski definition) is 4. The molecule has 0 unspecified atom stereocenters. The van der Waals surface area contributed by atoms with Gasteiger partial charge in [0.2, 0.25) is 0 Å². The number of fused-ring (bicyclic) bond motifs is 1. The summed E-state index contributed by atoms with van der Waals surface area (Å²) < 4.78 is 4.97. The number of pyridine rings is 1. The molecule has 1 heterocycles. The predicted molar refractivity (Wildman–Crippen MR) is 72.8 cm³/mol. The molecule has 0 saturated heterocycles. The first-order valence-corrected chi connectivity index (χ1v) is 6.71. The van der Waals surface area contributed by atoms with E-state index in [9.17, 15) is 9.90 Å². The summed E-state index contributed by atoms with van der Waals surface area (Å²) in [5.41, 5.74) is 2.41. The molecule has 0 aliphatic heterocycles. The number of aromatic carboxylic acids is 1. The number of hydrogen-bond donors (Lipinski definition) is 2. The van der Waals surface area contributed by atoms with Gasteiger partial charge in [-0.2, -0.15) is 0 Å². The molecule has 5 nitrogen and oxygen atoms in total. The maximum Gasteiger partial charge on any atom is 0.339 e. The van der Waals surface area contributed by atoms with Crippen molar-refractivity contribution < 1.29 is 14.6 Å². The lowest BCUT2D eigenvalue weighted by Gasteiger charge is -2.18. The van der Waals surface area contributed by atoms with Crippen LogP contribution >= 0.6 is 0 Å². The van der Waals surface area contributed by atoms with Crippen LogP contribution in [0.25, 0.3) is 0 Å². The monoisotopic (exact) mass is 264 g/mol. The van der Waals surface area contributed by atoms with E-state index in [0.717, 1.165) is 43.4 Å². The van der Waals surface area contributed by atoms with Gasteiger partial charge in [-0.3, -0.25) is 0 Å². The van der Waals surface area contributed by atoms with Crippen molar-refractivity contribution in [2.75, 3.05) is 25.6 Å². The number of rotatable bonds is 6. The summed E-state index contributed by atoms with van der Waals surface area (Å²) >= 11 is 0. The Hall–Kier alpha value is -1.62. The minimum absolute atomic E-state index is 0.276. The first-order chi connectivity index (χ1) is 9.22. The lowest BCUT2D eigenvalue weighted by molar-refractivity contribution is 0.0697. The smallest absolute Gasteiger partial charge is 0.339 e. The van der Waals surface area contributed by atoms with Gasteiger partial charge in [-0.1, -0.05) is 0 Å². The number of carboxylic acid groups (broad SMARTS) is 1. The van der Waals surface area contributed by atoms with Gasteiger partial charge in [-0.05, 0) is 43.7 Å². The second-order valence-electron chi connectivity index (χ2n) is 4.78. The highest BCUT2D eigenvalue weighted by Crippen LogP contribution is 2.24. The van der Waals surface area contributed by atoms with Gasteiger partial charge in [-0.15, -0.1) is 0 Å². The number of aryl methyl sites for hydroxylation is 2. The molecule has 19 heavy (non-hydrogen) atoms. The summed E-state index contributed by atoms with van der Waals surface area (Å²) in [6.45, 7) is 1.32. The van der Waals surface area contributed by atoms with E-state index in [2.05, 4.69) is 10.3 Å². The topological polar surface area (TPSA) is 71.5 Å². The minimum atomic E-state index is -0.921. The van der Waals surface area contributed by atoms with E-state index in [4.69, 9.17) is 4.74 Å². The van der Waals surface area contributed by atoms with E-state index in [-0.39, 0.29) is 5.56 Å². The fraction of sp³-hybridized carbons (Fsp3) is 0.571. The van der Waals surface area contributed by atoms with Crippen LogP contribution in [0.15, 0.2) is 6.07 Å². The number of nitrogens with one attached hydrogen (secondary N) is 1. The Morgan fingerprint density at radius 1 is 1.47 bits per heavy atom. The molecule has 1 aromatic rings. The van der Waals surface area contributed by atoms with Crippen LogP contribution in [0, 0.1) is 0 Å². The van der Waals surface area contributed by atoms with E-state index in [1.165, 1.54) is 0 Å². The molecular weight excluding hydrogens is 244 g/mol. The summed E-state index contributed by atoms with van der Waals surface area (Å²) in [4.78, 5) is 15.8. The van der Waals surface area contributed by atoms with E-state index in [0.29, 0.717) is 19.0 Å². The fourth-order valence-electron chi connectivity index (χ4n) is 2.35. The first kappa shape index (κ1) is 13.8. The third-order valence-corrected chi connectivity index (χ3v) is 3.35. The Morgan fingerprint density at radius 2 is 2.26 bits per heavy atom. The molecule has 0 atom stereocenters. The molecule has 0 amide bonds. The lowest BCUT2D eigenvalue weighted by atomic mass is 9.94. The van der Waals surface area contributed by atoms with Gasteiger partial charge < -0.3 is 15.2 Å². The van der Waals surface area contributed by atoms with Crippen LogP contribution in [-0.4, -0.2) is 36.3 Å². The van der Waals surface area contributed by atoms with Gasteiger partial charge in [0.05, 0.1) is 0 Å². The molecule has 5 heteroatoms. The first-order valence-electron chi connectivity index (χ1n) is 6.71. The third kappa shape index (κ3) is 3.44. The van der Waals surface area contributed by atoms with Gasteiger partial charge in [-0.25, -0.2) is 9.78 Å². The molecule has 0 spiro atoms. The number of ether oxygens (including phenoxy) is 1. The second-order valence-corrected chi connectivity index (χ2v) is 4.78. The zero-order valence-electron chi connectivity index (χ0n) is 11.2. The molecular formula is C14H20N2O3. The van der Waals surface area contributed by atoms with E-state index in [1.807, 2.05) is 0 Å². The molecule has 2 rings (SSSR count).